The molecule has 1 aliphatic heterocycles. The van der Waals surface area contributed by atoms with E-state index >= 15 is 0 Å². The summed E-state index contributed by atoms with van der Waals surface area (Å²) in [6.07, 6.45) is 5.04. The number of hydrogen-bond acceptors (Lipinski definition) is 3. The standard InChI is InChI=1S/C29H29N5OS/c1-2-21-11-6-7-14-23(21)31-26(35)17-20-34-28(27(32-29(34)36)24-15-8-9-18-30-24)25-16-10-19-33(25)22-12-4-3-5-13-22/h3-16,18-19,27-28H,2,17,20H2,1H3,(H,31,35)(H,32,36)/t27-,28+/m0/s1. The monoisotopic (exact) mass is 495 g/mol. The lowest BCUT2D eigenvalue weighted by Crippen LogP contribution is -2.33. The number of nitrogens with zero attached hydrogens (tertiary/aromatic N) is 3. The molecule has 2 aromatic heterocycles. The van der Waals surface area contributed by atoms with Crippen molar-refractivity contribution in [3.63, 3.8) is 0 Å². The fourth-order valence-corrected chi connectivity index (χ4v) is 5.14. The first-order chi connectivity index (χ1) is 17.7. The highest BCUT2D eigenvalue weighted by Gasteiger charge is 2.41. The molecule has 2 aromatic carbocycles. The average molecular weight is 496 g/mol. The van der Waals surface area contributed by atoms with E-state index < -0.39 is 0 Å². The molecule has 0 unspecified atom stereocenters. The van der Waals surface area contributed by atoms with E-state index in [9.17, 15) is 4.79 Å². The third-order valence-corrected chi connectivity index (χ3v) is 6.92. The molecule has 1 aliphatic rings. The molecule has 3 heterocycles. The van der Waals surface area contributed by atoms with Crippen LogP contribution in [-0.4, -0.2) is 32.0 Å². The normalized spacial score (nSPS) is 17.1. The van der Waals surface area contributed by atoms with Gasteiger partial charge in [0, 0.05) is 42.4 Å². The fraction of sp³-hybridized carbons (Fsp3) is 0.207. The summed E-state index contributed by atoms with van der Waals surface area (Å²) < 4.78 is 2.18. The Kier molecular flexibility index (Phi) is 7.09. The van der Waals surface area contributed by atoms with Gasteiger partial charge >= 0.3 is 0 Å². The number of nitrogens with one attached hydrogen (secondary N) is 2. The van der Waals surface area contributed by atoms with Gasteiger partial charge in [-0.05, 0) is 66.7 Å². The van der Waals surface area contributed by atoms with E-state index in [-0.39, 0.29) is 18.0 Å². The summed E-state index contributed by atoms with van der Waals surface area (Å²) in [4.78, 5) is 19.7. The number of aryl methyl sites for hydroxylation is 1. The van der Waals surface area contributed by atoms with Crippen molar-refractivity contribution in [3.8, 4) is 5.69 Å². The van der Waals surface area contributed by atoms with Gasteiger partial charge in [0.15, 0.2) is 5.11 Å². The smallest absolute Gasteiger partial charge is 0.226 e. The Morgan fingerprint density at radius 1 is 1.00 bits per heavy atom. The van der Waals surface area contributed by atoms with Crippen molar-refractivity contribution in [2.75, 3.05) is 11.9 Å². The number of hydrogen-bond donors (Lipinski definition) is 2. The molecule has 6 nitrogen and oxygen atoms in total. The number of para-hydroxylation sites is 2. The molecule has 2 atom stereocenters. The zero-order valence-electron chi connectivity index (χ0n) is 20.2. The summed E-state index contributed by atoms with van der Waals surface area (Å²) in [7, 11) is 0. The van der Waals surface area contributed by atoms with Crippen molar-refractivity contribution in [1.82, 2.24) is 19.8 Å². The Bertz CT molecular complexity index is 1340. The number of carbonyl (C=O) groups excluding carboxylic acids is 1. The van der Waals surface area contributed by atoms with Crippen LogP contribution in [-0.2, 0) is 11.2 Å². The number of aromatic nitrogens is 2. The zero-order chi connectivity index (χ0) is 24.9. The molecule has 7 heteroatoms. The van der Waals surface area contributed by atoms with Gasteiger partial charge in [-0.1, -0.05) is 49.4 Å². The van der Waals surface area contributed by atoms with Crippen LogP contribution in [0.4, 0.5) is 5.69 Å². The van der Waals surface area contributed by atoms with Gasteiger partial charge in [0.05, 0.1) is 17.8 Å². The van der Waals surface area contributed by atoms with Crippen LogP contribution >= 0.6 is 12.2 Å². The van der Waals surface area contributed by atoms with Crippen molar-refractivity contribution < 1.29 is 4.79 Å². The molecule has 36 heavy (non-hydrogen) atoms. The quantitative estimate of drug-likeness (QED) is 0.319. The maximum Gasteiger partial charge on any atom is 0.226 e. The first-order valence-corrected chi connectivity index (χ1v) is 12.6. The van der Waals surface area contributed by atoms with Crippen LogP contribution in [0.1, 0.15) is 42.4 Å². The number of thiocarbonyl (C=S) groups is 1. The predicted octanol–water partition coefficient (Wildman–Crippen LogP) is 5.44. The van der Waals surface area contributed by atoms with Gasteiger partial charge in [-0.15, -0.1) is 0 Å². The SMILES string of the molecule is CCc1ccccc1NC(=O)CCN1C(=S)N[C@@H](c2ccccn2)[C@H]1c1cccn1-c1ccccc1. The van der Waals surface area contributed by atoms with E-state index in [4.69, 9.17) is 12.2 Å². The molecule has 2 N–H and O–H groups in total. The Labute approximate surface area is 217 Å². The second-order valence-corrected chi connectivity index (χ2v) is 9.15. The first-order valence-electron chi connectivity index (χ1n) is 12.2. The Morgan fingerprint density at radius 3 is 2.56 bits per heavy atom. The molecule has 0 spiro atoms. The van der Waals surface area contributed by atoms with Gasteiger partial charge in [-0.3, -0.25) is 9.78 Å². The van der Waals surface area contributed by atoms with Crippen molar-refractivity contribution >= 4 is 28.9 Å². The molecular weight excluding hydrogens is 466 g/mol. The fourth-order valence-electron chi connectivity index (χ4n) is 4.81. The van der Waals surface area contributed by atoms with E-state index in [1.165, 1.54) is 0 Å². The first kappa shape index (κ1) is 23.8. The maximum atomic E-state index is 13.0. The lowest BCUT2D eigenvalue weighted by atomic mass is 10.0. The van der Waals surface area contributed by atoms with Gasteiger partial charge < -0.3 is 20.1 Å². The second-order valence-electron chi connectivity index (χ2n) is 8.77. The Balaban J connectivity index is 1.43. The summed E-state index contributed by atoms with van der Waals surface area (Å²) in [6, 6.07) is 28.0. The predicted molar refractivity (Wildman–Crippen MR) is 147 cm³/mol. The van der Waals surface area contributed by atoms with Crippen molar-refractivity contribution in [2.24, 2.45) is 0 Å². The lowest BCUT2D eigenvalue weighted by molar-refractivity contribution is -0.116. The minimum absolute atomic E-state index is 0.0304. The summed E-state index contributed by atoms with van der Waals surface area (Å²) in [5.74, 6) is -0.0304. The molecule has 182 valence electrons. The van der Waals surface area contributed by atoms with E-state index in [1.54, 1.807) is 6.20 Å². The molecule has 1 saturated heterocycles. The number of pyridine rings is 1. The van der Waals surface area contributed by atoms with Gasteiger partial charge in [-0.25, -0.2) is 0 Å². The van der Waals surface area contributed by atoms with Crippen LogP contribution in [0.5, 0.6) is 0 Å². The second kappa shape index (κ2) is 10.7. The lowest BCUT2D eigenvalue weighted by Gasteiger charge is -2.29. The van der Waals surface area contributed by atoms with Gasteiger partial charge in [0.25, 0.3) is 0 Å². The van der Waals surface area contributed by atoms with Crippen LogP contribution in [0.2, 0.25) is 0 Å². The molecule has 0 radical (unpaired) electrons. The van der Waals surface area contributed by atoms with E-state index in [2.05, 4.69) is 56.4 Å². The number of carbonyl (C=O) groups is 1. The van der Waals surface area contributed by atoms with Gasteiger partial charge in [-0.2, -0.15) is 0 Å². The summed E-state index contributed by atoms with van der Waals surface area (Å²) in [6.45, 7) is 2.57. The van der Waals surface area contributed by atoms with Crippen LogP contribution < -0.4 is 10.6 Å². The molecule has 5 rings (SSSR count). The number of rotatable bonds is 8. The zero-order valence-corrected chi connectivity index (χ0v) is 21.0. The van der Waals surface area contributed by atoms with Crippen molar-refractivity contribution in [2.45, 2.75) is 31.8 Å². The van der Waals surface area contributed by atoms with Gasteiger partial charge in [0.1, 0.15) is 0 Å². The Hall–Kier alpha value is -3.97. The third kappa shape index (κ3) is 4.88. The minimum atomic E-state index is -0.139. The largest absolute Gasteiger partial charge is 0.352 e. The number of benzene rings is 2. The average Bonchev–Trinajstić information content (AvgIpc) is 3.53. The molecule has 4 aromatic rings. The maximum absolute atomic E-state index is 13.0. The highest BCUT2D eigenvalue weighted by molar-refractivity contribution is 7.80. The molecule has 0 saturated carbocycles. The van der Waals surface area contributed by atoms with Crippen molar-refractivity contribution in [1.29, 1.82) is 0 Å². The van der Waals surface area contributed by atoms with Crippen LogP contribution in [0.25, 0.3) is 5.69 Å². The van der Waals surface area contributed by atoms with Crippen LogP contribution in [0.15, 0.2) is 97.3 Å². The molecular formula is C29H29N5OS. The van der Waals surface area contributed by atoms with E-state index in [1.807, 2.05) is 66.7 Å². The minimum Gasteiger partial charge on any atom is -0.352 e. The van der Waals surface area contributed by atoms with E-state index in [0.29, 0.717) is 18.1 Å². The molecule has 1 fully saturated rings. The molecule has 0 aliphatic carbocycles. The van der Waals surface area contributed by atoms with Gasteiger partial charge in [0.2, 0.25) is 5.91 Å². The van der Waals surface area contributed by atoms with Crippen LogP contribution in [0, 0.1) is 0 Å². The van der Waals surface area contributed by atoms with Crippen LogP contribution in [0.3, 0.4) is 0 Å². The topological polar surface area (TPSA) is 62.2 Å². The molecule has 0 bridgehead atoms. The number of anilines is 1. The summed E-state index contributed by atoms with van der Waals surface area (Å²) in [5.41, 5.74) is 5.06. The highest BCUT2D eigenvalue weighted by atomic mass is 32.1. The van der Waals surface area contributed by atoms with Crippen molar-refractivity contribution in [3.05, 3.63) is 114 Å². The summed E-state index contributed by atoms with van der Waals surface area (Å²) in [5, 5.41) is 7.19. The molecule has 1 amide bonds. The number of amides is 1. The Morgan fingerprint density at radius 2 is 1.78 bits per heavy atom. The highest BCUT2D eigenvalue weighted by Crippen LogP contribution is 2.39. The third-order valence-electron chi connectivity index (χ3n) is 6.57. The van der Waals surface area contributed by atoms with E-state index in [0.717, 1.165) is 34.7 Å². The summed E-state index contributed by atoms with van der Waals surface area (Å²) >= 11 is 5.80.